The number of benzene rings is 1. The molecule has 0 atom stereocenters. The van der Waals surface area contributed by atoms with Crippen LogP contribution in [0.1, 0.15) is 27.3 Å². The lowest BCUT2D eigenvalue weighted by Crippen LogP contribution is -2.11. The van der Waals surface area contributed by atoms with Crippen molar-refractivity contribution in [1.82, 2.24) is 9.97 Å². The number of rotatable bonds is 4. The van der Waals surface area contributed by atoms with Gasteiger partial charge >= 0.3 is 5.97 Å². The molecule has 0 aliphatic carbocycles. The lowest BCUT2D eigenvalue weighted by Gasteiger charge is -2.10. The van der Waals surface area contributed by atoms with Gasteiger partial charge in [0.1, 0.15) is 11.6 Å². The van der Waals surface area contributed by atoms with E-state index in [1.807, 2.05) is 0 Å². The lowest BCUT2D eigenvalue weighted by molar-refractivity contribution is 0.0696. The van der Waals surface area contributed by atoms with Crippen LogP contribution in [-0.4, -0.2) is 29.5 Å². The van der Waals surface area contributed by atoms with E-state index in [1.165, 1.54) is 18.5 Å². The minimum absolute atomic E-state index is 0.00190. The Labute approximate surface area is 122 Å². The average molecular weight is 306 g/mol. The Balaban J connectivity index is 2.50. The maximum atomic E-state index is 12.4. The van der Waals surface area contributed by atoms with Gasteiger partial charge in [-0.15, -0.1) is 0 Å². The van der Waals surface area contributed by atoms with Crippen molar-refractivity contribution in [1.29, 1.82) is 0 Å². The zero-order valence-corrected chi connectivity index (χ0v) is 12.4. The molecule has 0 spiro atoms. The number of hydrogen-bond donors (Lipinski definition) is 1. The highest BCUT2D eigenvalue weighted by Gasteiger charge is 2.22. The number of carbonyl (C=O) groups is 1. The normalized spacial score (nSPS) is 11.3. The van der Waals surface area contributed by atoms with Crippen LogP contribution in [-0.2, 0) is 15.6 Å². The largest absolute Gasteiger partial charge is 0.478 e. The van der Waals surface area contributed by atoms with E-state index in [-0.39, 0.29) is 22.0 Å². The second-order valence-electron chi connectivity index (χ2n) is 4.66. The van der Waals surface area contributed by atoms with Crippen molar-refractivity contribution in [2.45, 2.75) is 24.5 Å². The van der Waals surface area contributed by atoms with Crippen molar-refractivity contribution in [2.24, 2.45) is 0 Å². The zero-order valence-electron chi connectivity index (χ0n) is 11.6. The van der Waals surface area contributed by atoms with Crippen molar-refractivity contribution in [2.75, 3.05) is 0 Å². The number of sulfone groups is 1. The fourth-order valence-corrected chi connectivity index (χ4v) is 3.54. The molecule has 21 heavy (non-hydrogen) atoms. The first-order chi connectivity index (χ1) is 9.81. The fraction of sp³-hybridized carbons (Fsp3) is 0.214. The molecule has 110 valence electrons. The van der Waals surface area contributed by atoms with E-state index in [1.54, 1.807) is 26.0 Å². The first-order valence-electron chi connectivity index (χ1n) is 6.14. The standard InChI is InChI=1S/C14H14N2O4S/c1-9-6-10(2)12(7-11(9)14(17)18)21(19,20)8-13-15-4-3-5-16-13/h3-7H,8H2,1-2H3,(H,17,18). The number of carboxylic acid groups (broad SMARTS) is 1. The predicted molar refractivity (Wildman–Crippen MR) is 75.8 cm³/mol. The molecule has 7 heteroatoms. The molecule has 0 aliphatic rings. The van der Waals surface area contributed by atoms with Crippen LogP contribution < -0.4 is 0 Å². The summed E-state index contributed by atoms with van der Waals surface area (Å²) >= 11 is 0. The highest BCUT2D eigenvalue weighted by molar-refractivity contribution is 7.90. The van der Waals surface area contributed by atoms with Crippen molar-refractivity contribution in [3.63, 3.8) is 0 Å². The summed E-state index contributed by atoms with van der Waals surface area (Å²) in [5.41, 5.74) is 1.01. The predicted octanol–water partition coefficient (Wildman–Crippen LogP) is 1.77. The van der Waals surface area contributed by atoms with Gasteiger partial charge in [-0.05, 0) is 37.1 Å². The van der Waals surface area contributed by atoms with Gasteiger partial charge in [0.15, 0.2) is 9.84 Å². The van der Waals surface area contributed by atoms with Gasteiger partial charge in [0.2, 0.25) is 0 Å². The number of carboxylic acids is 1. The second-order valence-corrected chi connectivity index (χ2v) is 6.62. The molecule has 0 fully saturated rings. The molecule has 0 unspecified atom stereocenters. The molecular formula is C14H14N2O4S. The van der Waals surface area contributed by atoms with E-state index in [4.69, 9.17) is 5.11 Å². The summed E-state index contributed by atoms with van der Waals surface area (Å²) in [6.07, 6.45) is 2.92. The molecule has 0 saturated carbocycles. The minimum Gasteiger partial charge on any atom is -0.478 e. The highest BCUT2D eigenvalue weighted by Crippen LogP contribution is 2.23. The van der Waals surface area contributed by atoms with Crippen molar-refractivity contribution < 1.29 is 18.3 Å². The SMILES string of the molecule is Cc1cc(C)c(S(=O)(=O)Cc2ncccn2)cc1C(=O)O. The minimum atomic E-state index is -3.71. The quantitative estimate of drug-likeness (QED) is 0.924. The lowest BCUT2D eigenvalue weighted by atomic mass is 10.1. The van der Waals surface area contributed by atoms with E-state index in [9.17, 15) is 13.2 Å². The van der Waals surface area contributed by atoms with Crippen LogP contribution in [0, 0.1) is 13.8 Å². The van der Waals surface area contributed by atoms with Crippen LogP contribution in [0.3, 0.4) is 0 Å². The van der Waals surface area contributed by atoms with E-state index in [0.717, 1.165) is 0 Å². The molecule has 2 rings (SSSR count). The zero-order chi connectivity index (χ0) is 15.6. The fourth-order valence-electron chi connectivity index (χ4n) is 2.05. The summed E-state index contributed by atoms with van der Waals surface area (Å²) in [4.78, 5) is 18.9. The Morgan fingerprint density at radius 3 is 2.33 bits per heavy atom. The summed E-state index contributed by atoms with van der Waals surface area (Å²) in [5.74, 6) is -1.34. The molecule has 0 saturated heterocycles. The molecule has 1 N–H and O–H groups in total. The smallest absolute Gasteiger partial charge is 0.335 e. The van der Waals surface area contributed by atoms with Gasteiger partial charge in [0.05, 0.1) is 10.5 Å². The molecule has 1 aromatic carbocycles. The summed E-state index contributed by atoms with van der Waals surface area (Å²) in [6, 6.07) is 4.35. The van der Waals surface area contributed by atoms with Crippen LogP contribution in [0.2, 0.25) is 0 Å². The third-order valence-corrected chi connectivity index (χ3v) is 4.77. The molecule has 1 heterocycles. The van der Waals surface area contributed by atoms with Crippen LogP contribution >= 0.6 is 0 Å². The Bertz CT molecular complexity index is 786. The van der Waals surface area contributed by atoms with E-state index >= 15 is 0 Å². The maximum Gasteiger partial charge on any atom is 0.335 e. The summed E-state index contributed by atoms with van der Waals surface area (Å²) in [5, 5.41) is 9.12. The molecule has 0 aliphatic heterocycles. The molecule has 0 radical (unpaired) electrons. The number of aryl methyl sites for hydroxylation is 2. The van der Waals surface area contributed by atoms with Gasteiger partial charge in [-0.2, -0.15) is 0 Å². The average Bonchev–Trinajstić information content (AvgIpc) is 2.38. The Hall–Kier alpha value is -2.28. The Morgan fingerprint density at radius 2 is 1.76 bits per heavy atom. The van der Waals surface area contributed by atoms with Gasteiger partial charge < -0.3 is 5.11 Å². The maximum absolute atomic E-state index is 12.4. The summed E-state index contributed by atoms with van der Waals surface area (Å²) in [7, 11) is -3.71. The monoisotopic (exact) mass is 306 g/mol. The Morgan fingerprint density at radius 1 is 1.14 bits per heavy atom. The number of aromatic nitrogens is 2. The van der Waals surface area contributed by atoms with Gasteiger partial charge in [-0.25, -0.2) is 23.2 Å². The van der Waals surface area contributed by atoms with Crippen molar-refractivity contribution in [3.8, 4) is 0 Å². The third kappa shape index (κ3) is 3.25. The van der Waals surface area contributed by atoms with E-state index in [2.05, 4.69) is 9.97 Å². The van der Waals surface area contributed by atoms with Crippen LogP contribution in [0.4, 0.5) is 0 Å². The summed E-state index contributed by atoms with van der Waals surface area (Å²) < 4.78 is 24.9. The van der Waals surface area contributed by atoms with Gasteiger partial charge in [-0.1, -0.05) is 6.07 Å². The Kier molecular flexibility index (Phi) is 4.04. The number of hydrogen-bond acceptors (Lipinski definition) is 5. The van der Waals surface area contributed by atoms with Gasteiger partial charge in [-0.3, -0.25) is 0 Å². The van der Waals surface area contributed by atoms with Crippen LogP contribution in [0.5, 0.6) is 0 Å². The number of aromatic carboxylic acids is 1. The third-order valence-electron chi connectivity index (χ3n) is 3.03. The number of nitrogens with zero attached hydrogens (tertiary/aromatic N) is 2. The molecule has 0 bridgehead atoms. The van der Waals surface area contributed by atoms with Gasteiger partial charge in [0.25, 0.3) is 0 Å². The van der Waals surface area contributed by atoms with Gasteiger partial charge in [0, 0.05) is 12.4 Å². The van der Waals surface area contributed by atoms with Crippen molar-refractivity contribution in [3.05, 3.63) is 53.1 Å². The molecule has 6 nitrogen and oxygen atoms in total. The first-order valence-corrected chi connectivity index (χ1v) is 7.79. The topological polar surface area (TPSA) is 97.2 Å². The first kappa shape index (κ1) is 15.1. The molecule has 0 amide bonds. The molecule has 2 aromatic rings. The van der Waals surface area contributed by atoms with Crippen molar-refractivity contribution >= 4 is 15.8 Å². The van der Waals surface area contributed by atoms with Crippen LogP contribution in [0.25, 0.3) is 0 Å². The van der Waals surface area contributed by atoms with E-state index < -0.39 is 15.8 Å². The second kappa shape index (κ2) is 5.61. The molecule has 1 aromatic heterocycles. The summed E-state index contributed by atoms with van der Waals surface area (Å²) in [6.45, 7) is 3.27. The highest BCUT2D eigenvalue weighted by atomic mass is 32.2. The van der Waals surface area contributed by atoms with E-state index in [0.29, 0.717) is 11.1 Å². The molecular weight excluding hydrogens is 292 g/mol. The van der Waals surface area contributed by atoms with Crippen LogP contribution in [0.15, 0.2) is 35.5 Å².